The Labute approximate surface area is 114 Å². The van der Waals surface area contributed by atoms with Crippen LogP contribution in [0, 0.1) is 6.92 Å². The second-order valence-corrected chi connectivity index (χ2v) is 4.88. The number of guanidine groups is 1. The molecule has 0 unspecified atom stereocenters. The Bertz CT molecular complexity index is 467. The van der Waals surface area contributed by atoms with Crippen molar-refractivity contribution in [1.29, 1.82) is 0 Å². The van der Waals surface area contributed by atoms with Crippen LogP contribution in [0.25, 0.3) is 0 Å². The maximum absolute atomic E-state index is 11.8. The monoisotopic (exact) mass is 310 g/mol. The van der Waals surface area contributed by atoms with Crippen molar-refractivity contribution in [2.24, 2.45) is 4.99 Å². The molecule has 1 heterocycles. The van der Waals surface area contributed by atoms with E-state index >= 15 is 0 Å². The van der Waals surface area contributed by atoms with Crippen LogP contribution in [0.2, 0.25) is 0 Å². The molecule has 0 aliphatic carbocycles. The molecule has 0 spiro atoms. The number of rotatable bonds is 1. The van der Waals surface area contributed by atoms with E-state index in [-0.39, 0.29) is 6.03 Å². The zero-order valence-electron chi connectivity index (χ0n) is 10.1. The SMILES string of the molecule is Cc1cccc(Br)c1NC(=O)NC1=NCCCN1. The van der Waals surface area contributed by atoms with Gasteiger partial charge in [-0.15, -0.1) is 0 Å². The van der Waals surface area contributed by atoms with Crippen molar-refractivity contribution in [3.63, 3.8) is 0 Å². The molecule has 1 aromatic rings. The minimum absolute atomic E-state index is 0.293. The Morgan fingerprint density at radius 2 is 2.28 bits per heavy atom. The molecule has 0 atom stereocenters. The molecular weight excluding hydrogens is 296 g/mol. The molecule has 1 aliphatic heterocycles. The fraction of sp³-hybridized carbons (Fsp3) is 0.333. The van der Waals surface area contributed by atoms with Crippen LogP contribution in [0.5, 0.6) is 0 Å². The Morgan fingerprint density at radius 3 is 2.94 bits per heavy atom. The fourth-order valence-electron chi connectivity index (χ4n) is 1.66. The van der Waals surface area contributed by atoms with Crippen molar-refractivity contribution in [2.75, 3.05) is 18.4 Å². The van der Waals surface area contributed by atoms with E-state index in [1.54, 1.807) is 0 Å². The molecule has 0 fully saturated rings. The summed E-state index contributed by atoms with van der Waals surface area (Å²) in [6.07, 6.45) is 0.996. The van der Waals surface area contributed by atoms with Crippen LogP contribution in [0.1, 0.15) is 12.0 Å². The zero-order valence-corrected chi connectivity index (χ0v) is 11.7. The summed E-state index contributed by atoms with van der Waals surface area (Å²) in [6, 6.07) is 5.46. The molecule has 6 heteroatoms. The first-order valence-electron chi connectivity index (χ1n) is 5.78. The topological polar surface area (TPSA) is 65.5 Å². The Balaban J connectivity index is 2.01. The van der Waals surface area contributed by atoms with Crippen molar-refractivity contribution in [2.45, 2.75) is 13.3 Å². The summed E-state index contributed by atoms with van der Waals surface area (Å²) in [7, 11) is 0. The molecule has 1 aromatic carbocycles. The number of hydrogen-bond donors (Lipinski definition) is 3. The molecular formula is C12H15BrN4O. The van der Waals surface area contributed by atoms with Crippen molar-refractivity contribution in [1.82, 2.24) is 10.6 Å². The van der Waals surface area contributed by atoms with Gasteiger partial charge >= 0.3 is 6.03 Å². The number of amides is 2. The Hall–Kier alpha value is -1.56. The number of nitrogens with one attached hydrogen (secondary N) is 3. The van der Waals surface area contributed by atoms with E-state index in [0.29, 0.717) is 5.96 Å². The van der Waals surface area contributed by atoms with E-state index in [2.05, 4.69) is 36.9 Å². The number of carbonyl (C=O) groups is 1. The third-order valence-electron chi connectivity index (χ3n) is 2.59. The largest absolute Gasteiger partial charge is 0.356 e. The highest BCUT2D eigenvalue weighted by molar-refractivity contribution is 9.10. The first-order chi connectivity index (χ1) is 8.66. The molecule has 2 rings (SSSR count). The van der Waals surface area contributed by atoms with Gasteiger partial charge in [0.25, 0.3) is 0 Å². The smallest absolute Gasteiger partial charge is 0.326 e. The predicted octanol–water partition coefficient (Wildman–Crippen LogP) is 2.23. The molecule has 3 N–H and O–H groups in total. The summed E-state index contributed by atoms with van der Waals surface area (Å²) in [6.45, 7) is 3.53. The third kappa shape index (κ3) is 3.22. The van der Waals surface area contributed by atoms with Gasteiger partial charge in [-0.2, -0.15) is 0 Å². The van der Waals surface area contributed by atoms with Gasteiger partial charge in [0.05, 0.1) is 5.69 Å². The number of halogens is 1. The Morgan fingerprint density at radius 1 is 1.44 bits per heavy atom. The summed E-state index contributed by atoms with van der Waals surface area (Å²) < 4.78 is 0.858. The van der Waals surface area contributed by atoms with Crippen LogP contribution >= 0.6 is 15.9 Å². The normalized spacial score (nSPS) is 14.4. The molecule has 18 heavy (non-hydrogen) atoms. The number of urea groups is 1. The van der Waals surface area contributed by atoms with Gasteiger partial charge in [-0.25, -0.2) is 4.79 Å². The molecule has 2 amide bonds. The van der Waals surface area contributed by atoms with Crippen molar-refractivity contribution in [3.8, 4) is 0 Å². The minimum atomic E-state index is -0.293. The summed E-state index contributed by atoms with van der Waals surface area (Å²) in [5.74, 6) is 0.531. The van der Waals surface area contributed by atoms with Gasteiger partial charge in [0.1, 0.15) is 0 Å². The average Bonchev–Trinajstić information content (AvgIpc) is 2.35. The predicted molar refractivity (Wildman–Crippen MR) is 76.0 cm³/mol. The van der Waals surface area contributed by atoms with E-state index in [1.807, 2.05) is 25.1 Å². The number of hydrogen-bond acceptors (Lipinski definition) is 3. The van der Waals surface area contributed by atoms with E-state index in [0.717, 1.165) is 35.2 Å². The summed E-state index contributed by atoms with van der Waals surface area (Å²) in [4.78, 5) is 16.0. The number of nitrogens with zero attached hydrogens (tertiary/aromatic N) is 1. The zero-order chi connectivity index (χ0) is 13.0. The van der Waals surface area contributed by atoms with Gasteiger partial charge in [0.15, 0.2) is 5.96 Å². The van der Waals surface area contributed by atoms with Crippen molar-refractivity contribution < 1.29 is 4.79 Å². The van der Waals surface area contributed by atoms with E-state index < -0.39 is 0 Å². The lowest BCUT2D eigenvalue weighted by molar-refractivity contribution is 0.255. The van der Waals surface area contributed by atoms with Crippen molar-refractivity contribution >= 4 is 33.6 Å². The lowest BCUT2D eigenvalue weighted by Gasteiger charge is -2.16. The average molecular weight is 311 g/mol. The molecule has 0 radical (unpaired) electrons. The second-order valence-electron chi connectivity index (χ2n) is 4.02. The number of aliphatic imine (C=N–C) groups is 1. The molecule has 96 valence electrons. The molecule has 1 aliphatic rings. The minimum Gasteiger partial charge on any atom is -0.356 e. The summed E-state index contributed by atoms with van der Waals surface area (Å²) in [5.41, 5.74) is 1.77. The van der Waals surface area contributed by atoms with Crippen LogP contribution in [-0.2, 0) is 0 Å². The first kappa shape index (κ1) is 12.9. The van der Waals surface area contributed by atoms with Crippen LogP contribution in [0.4, 0.5) is 10.5 Å². The van der Waals surface area contributed by atoms with Gasteiger partial charge in [-0.3, -0.25) is 10.3 Å². The Kier molecular flexibility index (Phi) is 4.19. The number of aryl methyl sites for hydroxylation is 1. The number of anilines is 1. The standard InChI is InChI=1S/C12H15BrN4O/c1-8-4-2-5-9(13)10(8)16-12(18)17-11-14-6-3-7-15-11/h2,4-5H,3,6-7H2,1H3,(H3,14,15,16,17,18). The molecule has 5 nitrogen and oxygen atoms in total. The van der Waals surface area contributed by atoms with Gasteiger partial charge < -0.3 is 10.6 Å². The quantitative estimate of drug-likeness (QED) is 0.744. The first-order valence-corrected chi connectivity index (χ1v) is 6.57. The highest BCUT2D eigenvalue weighted by Crippen LogP contribution is 2.25. The number of carbonyl (C=O) groups excluding carboxylic acids is 1. The van der Waals surface area contributed by atoms with Gasteiger partial charge in [-0.1, -0.05) is 12.1 Å². The summed E-state index contributed by atoms with van der Waals surface area (Å²) in [5, 5.41) is 8.53. The number of para-hydroxylation sites is 1. The molecule has 0 saturated carbocycles. The van der Waals surface area contributed by atoms with Crippen molar-refractivity contribution in [3.05, 3.63) is 28.2 Å². The van der Waals surface area contributed by atoms with Gasteiger partial charge in [0, 0.05) is 17.6 Å². The van der Waals surface area contributed by atoms with Crippen LogP contribution in [0.3, 0.4) is 0 Å². The molecule has 0 saturated heterocycles. The van der Waals surface area contributed by atoms with E-state index in [9.17, 15) is 4.79 Å². The second kappa shape index (κ2) is 5.86. The van der Waals surface area contributed by atoms with E-state index in [1.165, 1.54) is 0 Å². The highest BCUT2D eigenvalue weighted by Gasteiger charge is 2.11. The maximum atomic E-state index is 11.8. The van der Waals surface area contributed by atoms with Gasteiger partial charge in [-0.05, 0) is 40.9 Å². The fourth-order valence-corrected chi connectivity index (χ4v) is 2.22. The third-order valence-corrected chi connectivity index (χ3v) is 3.25. The van der Waals surface area contributed by atoms with Crippen LogP contribution in [0.15, 0.2) is 27.7 Å². The highest BCUT2D eigenvalue weighted by atomic mass is 79.9. The lowest BCUT2D eigenvalue weighted by Crippen LogP contribution is -2.45. The molecule has 0 aromatic heterocycles. The summed E-state index contributed by atoms with van der Waals surface area (Å²) >= 11 is 3.41. The van der Waals surface area contributed by atoms with E-state index in [4.69, 9.17) is 0 Å². The van der Waals surface area contributed by atoms with Gasteiger partial charge in [0.2, 0.25) is 0 Å². The maximum Gasteiger partial charge on any atom is 0.326 e. The number of benzene rings is 1. The molecule has 0 bridgehead atoms. The lowest BCUT2D eigenvalue weighted by atomic mass is 10.2. The van der Waals surface area contributed by atoms with Crippen LogP contribution in [-0.4, -0.2) is 25.1 Å². The van der Waals surface area contributed by atoms with Crippen LogP contribution < -0.4 is 16.0 Å².